The highest BCUT2D eigenvalue weighted by Gasteiger charge is 2.42. The van der Waals surface area contributed by atoms with Crippen LogP contribution in [0.5, 0.6) is 0 Å². The molecule has 0 radical (unpaired) electrons. The number of carbonyl (C=O) groups excluding carboxylic acids is 2. The number of H-pyrrole nitrogens is 1. The van der Waals surface area contributed by atoms with Gasteiger partial charge in [-0.15, -0.1) is 0 Å². The van der Waals surface area contributed by atoms with Crippen LogP contribution in [0.3, 0.4) is 0 Å². The average Bonchev–Trinajstić information content (AvgIpc) is 3.11. The number of nitrogens with one attached hydrogen (secondary N) is 3. The van der Waals surface area contributed by atoms with Gasteiger partial charge in [-0.3, -0.25) is 19.8 Å². The summed E-state index contributed by atoms with van der Waals surface area (Å²) >= 11 is 0. The minimum Gasteiger partial charge on any atom is -0.357 e. The van der Waals surface area contributed by atoms with Gasteiger partial charge in [0.05, 0.1) is 6.54 Å². The first-order valence-corrected chi connectivity index (χ1v) is 7.07. The predicted molar refractivity (Wildman–Crippen MR) is 74.2 cm³/mol. The van der Waals surface area contributed by atoms with E-state index in [1.807, 2.05) is 0 Å². The number of rotatable bonds is 3. The Kier molecular flexibility index (Phi) is 3.58. The summed E-state index contributed by atoms with van der Waals surface area (Å²) in [4.78, 5) is 28.7. The molecule has 0 spiro atoms. The zero-order valence-electron chi connectivity index (χ0n) is 11.6. The Morgan fingerprint density at radius 3 is 3.00 bits per heavy atom. The van der Waals surface area contributed by atoms with Crippen molar-refractivity contribution in [2.45, 2.75) is 13.0 Å². The molecule has 0 aromatic carbocycles. The largest absolute Gasteiger partial charge is 0.357 e. The van der Waals surface area contributed by atoms with Gasteiger partial charge < -0.3 is 10.3 Å². The molecule has 6 heteroatoms. The van der Waals surface area contributed by atoms with E-state index in [-0.39, 0.29) is 11.8 Å². The van der Waals surface area contributed by atoms with Gasteiger partial charge in [0.15, 0.2) is 0 Å². The molecule has 1 aromatic heterocycles. The van der Waals surface area contributed by atoms with Crippen molar-refractivity contribution < 1.29 is 9.59 Å². The van der Waals surface area contributed by atoms with Crippen LogP contribution in [0.4, 0.5) is 0 Å². The second kappa shape index (κ2) is 5.38. The van der Waals surface area contributed by atoms with E-state index in [4.69, 9.17) is 0 Å². The Morgan fingerprint density at radius 2 is 2.30 bits per heavy atom. The van der Waals surface area contributed by atoms with Crippen molar-refractivity contribution in [1.29, 1.82) is 0 Å². The Bertz CT molecular complexity index is 499. The van der Waals surface area contributed by atoms with Crippen molar-refractivity contribution in [3.8, 4) is 0 Å². The molecule has 2 aliphatic heterocycles. The monoisotopic (exact) mass is 276 g/mol. The van der Waals surface area contributed by atoms with Crippen molar-refractivity contribution in [2.24, 2.45) is 11.8 Å². The Labute approximate surface area is 117 Å². The van der Waals surface area contributed by atoms with Crippen LogP contribution < -0.4 is 10.6 Å². The molecule has 3 rings (SSSR count). The molecular weight excluding hydrogens is 256 g/mol. The molecule has 2 aliphatic rings. The molecule has 3 N–H and O–H groups in total. The van der Waals surface area contributed by atoms with Crippen LogP contribution in [0.15, 0.2) is 18.3 Å². The van der Waals surface area contributed by atoms with Gasteiger partial charge in [0.25, 0.3) is 5.91 Å². The first-order chi connectivity index (χ1) is 9.65. The van der Waals surface area contributed by atoms with Crippen LogP contribution in [0.1, 0.15) is 17.4 Å². The van der Waals surface area contributed by atoms with Gasteiger partial charge in [0.1, 0.15) is 5.69 Å². The third-order valence-corrected chi connectivity index (χ3v) is 4.50. The number of carbonyl (C=O) groups is 2. The summed E-state index contributed by atoms with van der Waals surface area (Å²) in [7, 11) is 0. The van der Waals surface area contributed by atoms with Crippen molar-refractivity contribution in [3.05, 3.63) is 24.0 Å². The summed E-state index contributed by atoms with van der Waals surface area (Å²) in [5.74, 6) is 0.664. The molecule has 6 nitrogen and oxygen atoms in total. The van der Waals surface area contributed by atoms with E-state index in [0.29, 0.717) is 30.1 Å². The van der Waals surface area contributed by atoms with Crippen LogP contribution >= 0.6 is 0 Å². The van der Waals surface area contributed by atoms with Crippen LogP contribution in [0.25, 0.3) is 0 Å². The molecule has 2 saturated heterocycles. The standard InChI is InChI=1S/C14H20N4O2/c1-9-11-6-15-5-10(11)7-18(9)8-13(19)17-14(20)12-3-2-4-16-12/h2-4,9-11,15-16H,5-8H2,1H3,(H,17,19,20). The summed E-state index contributed by atoms with van der Waals surface area (Å²) in [6.45, 7) is 5.46. The Morgan fingerprint density at radius 1 is 1.45 bits per heavy atom. The third-order valence-electron chi connectivity index (χ3n) is 4.50. The van der Waals surface area contributed by atoms with E-state index < -0.39 is 0 Å². The zero-order chi connectivity index (χ0) is 14.1. The first-order valence-electron chi connectivity index (χ1n) is 7.07. The number of amides is 2. The summed E-state index contributed by atoms with van der Waals surface area (Å²) in [5, 5.41) is 5.82. The van der Waals surface area contributed by atoms with Gasteiger partial charge >= 0.3 is 0 Å². The Balaban J connectivity index is 1.53. The molecule has 108 valence electrons. The number of hydrogen-bond acceptors (Lipinski definition) is 4. The number of likely N-dealkylation sites (tertiary alicyclic amines) is 1. The predicted octanol–water partition coefficient (Wildman–Crippen LogP) is -0.189. The van der Waals surface area contributed by atoms with Crippen molar-refractivity contribution >= 4 is 11.8 Å². The number of hydrogen-bond donors (Lipinski definition) is 3. The van der Waals surface area contributed by atoms with Gasteiger partial charge in [-0.05, 0) is 44.0 Å². The van der Waals surface area contributed by atoms with Crippen molar-refractivity contribution in [3.63, 3.8) is 0 Å². The van der Waals surface area contributed by atoms with Gasteiger partial charge in [0, 0.05) is 18.8 Å². The number of nitrogens with zero attached hydrogens (tertiary/aromatic N) is 1. The molecule has 0 aliphatic carbocycles. The topological polar surface area (TPSA) is 77.2 Å². The van der Waals surface area contributed by atoms with E-state index in [2.05, 4.69) is 27.4 Å². The summed E-state index contributed by atoms with van der Waals surface area (Å²) in [5.41, 5.74) is 0.411. The maximum Gasteiger partial charge on any atom is 0.274 e. The van der Waals surface area contributed by atoms with Crippen molar-refractivity contribution in [1.82, 2.24) is 20.5 Å². The van der Waals surface area contributed by atoms with Gasteiger partial charge in [-0.1, -0.05) is 0 Å². The maximum absolute atomic E-state index is 12.0. The number of aromatic nitrogens is 1. The van der Waals surface area contributed by atoms with E-state index in [1.54, 1.807) is 18.3 Å². The highest BCUT2D eigenvalue weighted by molar-refractivity contribution is 6.04. The second-order valence-corrected chi connectivity index (χ2v) is 5.71. The normalized spacial score (nSPS) is 29.4. The molecule has 2 amide bonds. The van der Waals surface area contributed by atoms with Crippen molar-refractivity contribution in [2.75, 3.05) is 26.2 Å². The molecule has 0 saturated carbocycles. The average molecular weight is 276 g/mol. The second-order valence-electron chi connectivity index (χ2n) is 5.71. The lowest BCUT2D eigenvalue weighted by Crippen LogP contribution is -2.43. The fraction of sp³-hybridized carbons (Fsp3) is 0.571. The molecule has 2 fully saturated rings. The first kappa shape index (κ1) is 13.3. The minimum atomic E-state index is -0.367. The number of imide groups is 1. The fourth-order valence-electron chi connectivity index (χ4n) is 3.35. The zero-order valence-corrected chi connectivity index (χ0v) is 11.6. The van der Waals surface area contributed by atoms with Gasteiger partial charge in [-0.2, -0.15) is 0 Å². The van der Waals surface area contributed by atoms with Crippen LogP contribution in [0, 0.1) is 11.8 Å². The van der Waals surface area contributed by atoms with Crippen LogP contribution in [-0.4, -0.2) is 53.9 Å². The quantitative estimate of drug-likeness (QED) is 0.715. The lowest BCUT2D eigenvalue weighted by Gasteiger charge is -2.23. The van der Waals surface area contributed by atoms with E-state index in [0.717, 1.165) is 19.6 Å². The maximum atomic E-state index is 12.0. The van der Waals surface area contributed by atoms with Crippen LogP contribution in [0.2, 0.25) is 0 Å². The highest BCUT2D eigenvalue weighted by atomic mass is 16.2. The summed E-state index contributed by atoms with van der Waals surface area (Å²) < 4.78 is 0. The van der Waals surface area contributed by atoms with E-state index >= 15 is 0 Å². The molecule has 3 heterocycles. The molecule has 1 aromatic rings. The summed E-state index contributed by atoms with van der Waals surface area (Å²) in [6, 6.07) is 3.77. The van der Waals surface area contributed by atoms with E-state index in [1.165, 1.54) is 0 Å². The van der Waals surface area contributed by atoms with E-state index in [9.17, 15) is 9.59 Å². The SMILES string of the molecule is CC1C2CNCC2CN1CC(=O)NC(=O)c1ccc[nH]1. The lowest BCUT2D eigenvalue weighted by atomic mass is 9.95. The molecule has 3 unspecified atom stereocenters. The van der Waals surface area contributed by atoms with Crippen LogP contribution in [-0.2, 0) is 4.79 Å². The smallest absolute Gasteiger partial charge is 0.274 e. The number of fused-ring (bicyclic) bond motifs is 1. The Hall–Kier alpha value is -1.66. The third kappa shape index (κ3) is 2.48. The van der Waals surface area contributed by atoms with Gasteiger partial charge in [-0.25, -0.2) is 0 Å². The summed E-state index contributed by atoms with van der Waals surface area (Å²) in [6.07, 6.45) is 1.66. The highest BCUT2D eigenvalue weighted by Crippen LogP contribution is 2.31. The minimum absolute atomic E-state index is 0.232. The molecular formula is C14H20N4O2. The number of aromatic amines is 1. The lowest BCUT2D eigenvalue weighted by molar-refractivity contribution is -0.121. The van der Waals surface area contributed by atoms with Gasteiger partial charge in [0.2, 0.25) is 5.91 Å². The molecule has 0 bridgehead atoms. The molecule has 3 atom stereocenters. The molecule has 20 heavy (non-hydrogen) atoms. The fourth-order valence-corrected chi connectivity index (χ4v) is 3.35.